The number of rotatable bonds is 4. The molecule has 94 valence electrons. The Labute approximate surface area is 105 Å². The van der Waals surface area contributed by atoms with Crippen molar-refractivity contribution in [2.45, 2.75) is 43.3 Å². The number of thioether (sulfide) groups is 1. The molecule has 1 atom stereocenters. The maximum Gasteiger partial charge on any atom is 0.251 e. The van der Waals surface area contributed by atoms with Crippen LogP contribution in [0.25, 0.3) is 0 Å². The van der Waals surface area contributed by atoms with Crippen LogP contribution in [0.1, 0.15) is 32.1 Å². The summed E-state index contributed by atoms with van der Waals surface area (Å²) in [6, 6.07) is 1.64. The number of hydrogen-bond donors (Lipinski definition) is 2. The molecular formula is C12H19N3OS. The van der Waals surface area contributed by atoms with Gasteiger partial charge in [0.1, 0.15) is 0 Å². The molecule has 1 aliphatic carbocycles. The number of H-pyrrole nitrogens is 1. The molecule has 0 aromatic carbocycles. The van der Waals surface area contributed by atoms with E-state index in [0.717, 1.165) is 5.75 Å². The number of nitrogens with two attached hydrogens (primary N) is 1. The van der Waals surface area contributed by atoms with Gasteiger partial charge < -0.3 is 10.7 Å². The average Bonchev–Trinajstić information content (AvgIpc) is 2.37. The average molecular weight is 253 g/mol. The van der Waals surface area contributed by atoms with Crippen LogP contribution in [-0.2, 0) is 0 Å². The molecule has 0 bridgehead atoms. The van der Waals surface area contributed by atoms with Crippen LogP contribution in [-0.4, -0.2) is 21.8 Å². The normalized spacial score (nSPS) is 19.1. The Morgan fingerprint density at radius 1 is 1.47 bits per heavy atom. The Balaban J connectivity index is 1.82. The minimum atomic E-state index is -0.103. The molecule has 0 amide bonds. The molecule has 5 heteroatoms. The van der Waals surface area contributed by atoms with Gasteiger partial charge in [-0.1, -0.05) is 31.0 Å². The van der Waals surface area contributed by atoms with E-state index in [1.165, 1.54) is 44.4 Å². The summed E-state index contributed by atoms with van der Waals surface area (Å²) in [5, 5.41) is 0.670. The molecule has 0 aliphatic heterocycles. The number of hydrogen-bond acceptors (Lipinski definition) is 4. The number of nitrogens with zero attached hydrogens (tertiary/aromatic N) is 1. The molecule has 17 heavy (non-hydrogen) atoms. The number of aromatic nitrogens is 2. The zero-order chi connectivity index (χ0) is 12.1. The first-order chi connectivity index (χ1) is 8.25. The van der Waals surface area contributed by atoms with Gasteiger partial charge in [-0.05, 0) is 18.8 Å². The summed E-state index contributed by atoms with van der Waals surface area (Å²) in [6.07, 6.45) is 8.01. The topological polar surface area (TPSA) is 71.8 Å². The van der Waals surface area contributed by atoms with Crippen molar-refractivity contribution < 1.29 is 0 Å². The molecule has 1 aromatic heterocycles. The second-order valence-corrected chi connectivity index (χ2v) is 5.62. The minimum Gasteiger partial charge on any atom is -0.327 e. The van der Waals surface area contributed by atoms with Gasteiger partial charge in [0.25, 0.3) is 5.56 Å². The molecule has 0 radical (unpaired) electrons. The van der Waals surface area contributed by atoms with E-state index in [0.29, 0.717) is 11.1 Å². The smallest absolute Gasteiger partial charge is 0.251 e. The van der Waals surface area contributed by atoms with Gasteiger partial charge in [0, 0.05) is 24.1 Å². The predicted molar refractivity (Wildman–Crippen MR) is 70.1 cm³/mol. The fraction of sp³-hybridized carbons (Fsp3) is 0.667. The first kappa shape index (κ1) is 12.6. The summed E-state index contributed by atoms with van der Waals surface area (Å²) < 4.78 is 0. The van der Waals surface area contributed by atoms with Gasteiger partial charge in [-0.25, -0.2) is 4.98 Å². The molecule has 0 saturated heterocycles. The molecule has 1 aliphatic rings. The maximum atomic E-state index is 11.1. The standard InChI is InChI=1S/C12H19N3OS/c13-10(9-4-2-1-3-5-9)8-17-12-14-7-6-11(16)15-12/h6-7,9-10H,1-5,8,13H2,(H,14,15,16). The van der Waals surface area contributed by atoms with Gasteiger partial charge in [-0.3, -0.25) is 4.79 Å². The van der Waals surface area contributed by atoms with E-state index < -0.39 is 0 Å². The van der Waals surface area contributed by atoms with Crippen molar-refractivity contribution in [1.82, 2.24) is 9.97 Å². The monoisotopic (exact) mass is 253 g/mol. The van der Waals surface area contributed by atoms with Gasteiger partial charge in [-0.2, -0.15) is 0 Å². The van der Waals surface area contributed by atoms with Crippen LogP contribution in [0.15, 0.2) is 22.2 Å². The van der Waals surface area contributed by atoms with Gasteiger partial charge in [0.15, 0.2) is 5.16 Å². The first-order valence-electron chi connectivity index (χ1n) is 6.19. The molecule has 4 nitrogen and oxygen atoms in total. The van der Waals surface area contributed by atoms with E-state index in [4.69, 9.17) is 5.73 Å². The highest BCUT2D eigenvalue weighted by atomic mass is 32.2. The quantitative estimate of drug-likeness (QED) is 0.633. The highest BCUT2D eigenvalue weighted by Crippen LogP contribution is 2.27. The van der Waals surface area contributed by atoms with Crippen LogP contribution >= 0.6 is 11.8 Å². The molecule has 3 N–H and O–H groups in total. The van der Waals surface area contributed by atoms with E-state index in [-0.39, 0.29) is 11.6 Å². The third-order valence-electron chi connectivity index (χ3n) is 3.32. The van der Waals surface area contributed by atoms with Crippen molar-refractivity contribution in [3.05, 3.63) is 22.6 Å². The van der Waals surface area contributed by atoms with Crippen molar-refractivity contribution >= 4 is 11.8 Å². The van der Waals surface area contributed by atoms with E-state index in [2.05, 4.69) is 9.97 Å². The Kier molecular flexibility index (Phi) is 4.62. The summed E-state index contributed by atoms with van der Waals surface area (Å²) in [6.45, 7) is 0. The second-order valence-electron chi connectivity index (χ2n) is 4.61. The zero-order valence-electron chi connectivity index (χ0n) is 9.89. The third-order valence-corrected chi connectivity index (χ3v) is 4.35. The zero-order valence-corrected chi connectivity index (χ0v) is 10.7. The van der Waals surface area contributed by atoms with Crippen LogP contribution in [0, 0.1) is 5.92 Å². The summed E-state index contributed by atoms with van der Waals surface area (Å²) in [5.74, 6) is 1.48. The van der Waals surface area contributed by atoms with E-state index >= 15 is 0 Å². The van der Waals surface area contributed by atoms with Gasteiger partial charge in [0.2, 0.25) is 0 Å². The van der Waals surface area contributed by atoms with Crippen LogP contribution in [0.4, 0.5) is 0 Å². The lowest BCUT2D eigenvalue weighted by atomic mass is 9.85. The molecule has 1 aromatic rings. The Bertz CT molecular complexity index is 401. The fourth-order valence-corrected chi connectivity index (χ4v) is 3.23. The lowest BCUT2D eigenvalue weighted by molar-refractivity contribution is 0.319. The Morgan fingerprint density at radius 2 is 2.24 bits per heavy atom. The summed E-state index contributed by atoms with van der Waals surface area (Å²) in [5.41, 5.74) is 6.09. The van der Waals surface area contributed by atoms with Gasteiger partial charge in [-0.15, -0.1) is 0 Å². The number of aromatic amines is 1. The predicted octanol–water partition coefficient (Wildman–Crippen LogP) is 1.77. The van der Waals surface area contributed by atoms with Gasteiger partial charge >= 0.3 is 0 Å². The minimum absolute atomic E-state index is 0.103. The molecule has 1 heterocycles. The highest BCUT2D eigenvalue weighted by Gasteiger charge is 2.20. The summed E-state index contributed by atoms with van der Waals surface area (Å²) in [7, 11) is 0. The van der Waals surface area contributed by atoms with Crippen molar-refractivity contribution in [2.24, 2.45) is 11.7 Å². The Morgan fingerprint density at radius 3 is 2.94 bits per heavy atom. The van der Waals surface area contributed by atoms with E-state index in [9.17, 15) is 4.79 Å². The van der Waals surface area contributed by atoms with Crippen molar-refractivity contribution in [1.29, 1.82) is 0 Å². The lowest BCUT2D eigenvalue weighted by Crippen LogP contribution is -2.33. The van der Waals surface area contributed by atoms with Crippen LogP contribution in [0.2, 0.25) is 0 Å². The SMILES string of the molecule is NC(CSc1nccc(=O)[nH]1)C1CCCCC1. The van der Waals surface area contributed by atoms with E-state index in [1.807, 2.05) is 0 Å². The summed E-state index contributed by atoms with van der Waals surface area (Å²) in [4.78, 5) is 17.9. The maximum absolute atomic E-state index is 11.1. The highest BCUT2D eigenvalue weighted by molar-refractivity contribution is 7.99. The molecule has 1 saturated carbocycles. The molecule has 1 fully saturated rings. The van der Waals surface area contributed by atoms with Crippen LogP contribution < -0.4 is 11.3 Å². The second kappa shape index (κ2) is 6.21. The lowest BCUT2D eigenvalue weighted by Gasteiger charge is -2.26. The van der Waals surface area contributed by atoms with Crippen molar-refractivity contribution in [2.75, 3.05) is 5.75 Å². The van der Waals surface area contributed by atoms with Crippen LogP contribution in [0.3, 0.4) is 0 Å². The molecule has 0 spiro atoms. The van der Waals surface area contributed by atoms with Crippen LogP contribution in [0.5, 0.6) is 0 Å². The third kappa shape index (κ3) is 3.85. The fourth-order valence-electron chi connectivity index (χ4n) is 2.30. The largest absolute Gasteiger partial charge is 0.327 e. The summed E-state index contributed by atoms with van der Waals surface area (Å²) >= 11 is 1.54. The first-order valence-corrected chi connectivity index (χ1v) is 7.18. The van der Waals surface area contributed by atoms with E-state index in [1.54, 1.807) is 11.8 Å². The molecule has 1 unspecified atom stereocenters. The number of nitrogens with one attached hydrogen (secondary N) is 1. The van der Waals surface area contributed by atoms with Crippen molar-refractivity contribution in [3.8, 4) is 0 Å². The van der Waals surface area contributed by atoms with Crippen molar-refractivity contribution in [3.63, 3.8) is 0 Å². The Hall–Kier alpha value is -0.810. The molecule has 2 rings (SSSR count). The van der Waals surface area contributed by atoms with Gasteiger partial charge in [0.05, 0.1) is 0 Å². The molecular weight excluding hydrogens is 234 g/mol.